The molecule has 0 unspecified atom stereocenters. The van der Waals surface area contributed by atoms with Crippen molar-refractivity contribution in [1.29, 1.82) is 0 Å². The second-order valence-electron chi connectivity index (χ2n) is 6.52. The Hall–Kier alpha value is -0.0800. The van der Waals surface area contributed by atoms with Gasteiger partial charge in [-0.3, -0.25) is 4.99 Å². The maximum Gasteiger partial charge on any atom is 0.193 e. The summed E-state index contributed by atoms with van der Waals surface area (Å²) in [4.78, 5) is 9.44. The first-order valence-electron chi connectivity index (χ1n) is 8.23. The number of hydrogen-bond acceptors (Lipinski definition) is 3. The third kappa shape index (κ3) is 7.00. The van der Waals surface area contributed by atoms with E-state index in [2.05, 4.69) is 56.9 Å². The molecule has 0 aliphatic carbocycles. The van der Waals surface area contributed by atoms with Crippen LogP contribution in [-0.4, -0.2) is 74.3 Å². The summed E-state index contributed by atoms with van der Waals surface area (Å²) in [6.45, 7) is 13.2. The van der Waals surface area contributed by atoms with Gasteiger partial charge in [-0.05, 0) is 54.6 Å². The minimum Gasteiger partial charge on any atom is -0.378 e. The lowest BCUT2D eigenvalue weighted by molar-refractivity contribution is 0.0263. The van der Waals surface area contributed by atoms with Crippen LogP contribution in [-0.2, 0) is 4.74 Å². The molecule has 132 valence electrons. The average molecular weight is 426 g/mol. The minimum atomic E-state index is 0. The Morgan fingerprint density at radius 3 is 2.32 bits per heavy atom. The van der Waals surface area contributed by atoms with Gasteiger partial charge < -0.3 is 19.9 Å². The van der Waals surface area contributed by atoms with Gasteiger partial charge in [-0.15, -0.1) is 24.0 Å². The van der Waals surface area contributed by atoms with Crippen LogP contribution < -0.4 is 5.32 Å². The van der Waals surface area contributed by atoms with Gasteiger partial charge in [0.25, 0.3) is 0 Å². The molecule has 0 amide bonds. The highest BCUT2D eigenvalue weighted by Gasteiger charge is 2.24. The summed E-state index contributed by atoms with van der Waals surface area (Å²) in [5.41, 5.74) is 0.0737. The van der Waals surface area contributed by atoms with Gasteiger partial charge in [0.05, 0.1) is 12.6 Å². The van der Waals surface area contributed by atoms with E-state index in [1.807, 2.05) is 0 Å². The van der Waals surface area contributed by atoms with Gasteiger partial charge in [-0.1, -0.05) is 0 Å². The summed E-state index contributed by atoms with van der Waals surface area (Å²) in [5, 5.41) is 3.43. The van der Waals surface area contributed by atoms with Crippen molar-refractivity contribution >= 4 is 29.9 Å². The topological polar surface area (TPSA) is 40.1 Å². The molecule has 1 N–H and O–H groups in total. The second kappa shape index (κ2) is 10.6. The Morgan fingerprint density at radius 1 is 1.27 bits per heavy atom. The Bertz CT molecular complexity index is 326. The number of piperidine rings is 1. The average Bonchev–Trinajstić information content (AvgIpc) is 2.44. The molecule has 0 radical (unpaired) electrons. The van der Waals surface area contributed by atoms with Crippen molar-refractivity contribution in [2.75, 3.05) is 46.9 Å². The molecule has 1 aliphatic rings. The Morgan fingerprint density at radius 2 is 1.86 bits per heavy atom. The van der Waals surface area contributed by atoms with E-state index in [-0.39, 0.29) is 29.5 Å². The highest BCUT2D eigenvalue weighted by Crippen LogP contribution is 2.15. The molecule has 1 aliphatic heterocycles. The predicted molar refractivity (Wildman–Crippen MR) is 105 cm³/mol. The number of hydrogen-bond donors (Lipinski definition) is 1. The summed E-state index contributed by atoms with van der Waals surface area (Å²) >= 11 is 0. The van der Waals surface area contributed by atoms with Crippen LogP contribution in [0.5, 0.6) is 0 Å². The smallest absolute Gasteiger partial charge is 0.193 e. The largest absolute Gasteiger partial charge is 0.378 e. The summed E-state index contributed by atoms with van der Waals surface area (Å²) in [6, 6.07) is 0. The molecule has 0 aromatic heterocycles. The lowest BCUT2D eigenvalue weighted by Crippen LogP contribution is -2.48. The molecule has 22 heavy (non-hydrogen) atoms. The van der Waals surface area contributed by atoms with Crippen molar-refractivity contribution in [2.24, 2.45) is 4.99 Å². The fraction of sp³-hybridized carbons (Fsp3) is 0.938. The molecule has 0 bridgehead atoms. The van der Waals surface area contributed by atoms with Gasteiger partial charge >= 0.3 is 0 Å². The number of rotatable bonds is 6. The van der Waals surface area contributed by atoms with E-state index in [4.69, 9.17) is 9.73 Å². The number of likely N-dealkylation sites (tertiary alicyclic amines) is 1. The number of nitrogens with zero attached hydrogens (tertiary/aromatic N) is 3. The van der Waals surface area contributed by atoms with Crippen molar-refractivity contribution < 1.29 is 4.74 Å². The highest BCUT2D eigenvalue weighted by molar-refractivity contribution is 14.0. The van der Waals surface area contributed by atoms with E-state index >= 15 is 0 Å². The lowest BCUT2D eigenvalue weighted by atomic mass is 10.1. The standard InChI is InChI=1S/C16H34N4O.HI/c1-7-17-15(18-13-16(3,4)19(5)6)20-11-9-14(10-12-20)21-8-2;/h14H,7-13H2,1-6H3,(H,17,18);1H. The third-order valence-electron chi connectivity index (χ3n) is 4.31. The number of guanidine groups is 1. The number of likely N-dealkylation sites (N-methyl/N-ethyl adjacent to an activating group) is 1. The van der Waals surface area contributed by atoms with Crippen molar-refractivity contribution in [3.8, 4) is 0 Å². The van der Waals surface area contributed by atoms with Crippen LogP contribution in [0.15, 0.2) is 4.99 Å². The van der Waals surface area contributed by atoms with Crippen LogP contribution in [0.2, 0.25) is 0 Å². The van der Waals surface area contributed by atoms with E-state index < -0.39 is 0 Å². The Balaban J connectivity index is 0.00000441. The molecule has 1 saturated heterocycles. The van der Waals surface area contributed by atoms with Gasteiger partial charge in [0, 0.05) is 31.8 Å². The number of aliphatic imine (C=N–C) groups is 1. The van der Waals surface area contributed by atoms with E-state index in [9.17, 15) is 0 Å². The molecule has 6 heteroatoms. The van der Waals surface area contributed by atoms with Crippen LogP contribution >= 0.6 is 24.0 Å². The van der Waals surface area contributed by atoms with Crippen LogP contribution in [0.25, 0.3) is 0 Å². The quantitative estimate of drug-likeness (QED) is 0.403. The van der Waals surface area contributed by atoms with E-state index in [1.165, 1.54) is 0 Å². The number of ether oxygens (including phenoxy) is 1. The molecule has 0 atom stereocenters. The summed E-state index contributed by atoms with van der Waals surface area (Å²) in [6.07, 6.45) is 2.61. The van der Waals surface area contributed by atoms with Gasteiger partial charge in [0.2, 0.25) is 0 Å². The normalized spacial score (nSPS) is 17.6. The molecule has 0 spiro atoms. The molecular weight excluding hydrogens is 391 g/mol. The van der Waals surface area contributed by atoms with Crippen molar-refractivity contribution in [3.63, 3.8) is 0 Å². The summed E-state index contributed by atoms with van der Waals surface area (Å²) < 4.78 is 5.72. The van der Waals surface area contributed by atoms with Gasteiger partial charge in [0.1, 0.15) is 0 Å². The Labute approximate surface area is 153 Å². The predicted octanol–water partition coefficient (Wildman–Crippen LogP) is 2.41. The first-order valence-corrected chi connectivity index (χ1v) is 8.23. The first kappa shape index (κ1) is 21.9. The zero-order valence-electron chi connectivity index (χ0n) is 15.2. The zero-order chi connectivity index (χ0) is 15.9. The monoisotopic (exact) mass is 426 g/mol. The molecule has 1 heterocycles. The van der Waals surface area contributed by atoms with Crippen molar-refractivity contribution in [1.82, 2.24) is 15.1 Å². The molecule has 1 fully saturated rings. The first-order chi connectivity index (χ1) is 9.90. The highest BCUT2D eigenvalue weighted by atomic mass is 127. The maximum atomic E-state index is 5.72. The Kier molecular flexibility index (Phi) is 10.6. The van der Waals surface area contributed by atoms with Crippen molar-refractivity contribution in [3.05, 3.63) is 0 Å². The van der Waals surface area contributed by atoms with Gasteiger partial charge in [-0.25, -0.2) is 0 Å². The lowest BCUT2D eigenvalue weighted by Gasteiger charge is -2.35. The molecule has 0 aromatic rings. The molecule has 0 aromatic carbocycles. The third-order valence-corrected chi connectivity index (χ3v) is 4.31. The fourth-order valence-corrected chi connectivity index (χ4v) is 2.31. The molecule has 0 saturated carbocycles. The van der Waals surface area contributed by atoms with Gasteiger partial charge in [0.15, 0.2) is 5.96 Å². The minimum absolute atomic E-state index is 0. The summed E-state index contributed by atoms with van der Waals surface area (Å²) in [5.74, 6) is 1.04. The fourth-order valence-electron chi connectivity index (χ4n) is 2.31. The van der Waals surface area contributed by atoms with Crippen LogP contribution in [0.3, 0.4) is 0 Å². The number of nitrogens with one attached hydrogen (secondary N) is 1. The van der Waals surface area contributed by atoms with Crippen LogP contribution in [0, 0.1) is 0 Å². The van der Waals surface area contributed by atoms with Crippen molar-refractivity contribution in [2.45, 2.75) is 52.2 Å². The zero-order valence-corrected chi connectivity index (χ0v) is 17.5. The maximum absolute atomic E-state index is 5.72. The van der Waals surface area contributed by atoms with E-state index in [0.717, 1.165) is 51.6 Å². The molecule has 1 rings (SSSR count). The SMILES string of the molecule is CCNC(=NCC(C)(C)N(C)C)N1CCC(OCC)CC1.I. The molecular formula is C16H35IN4O. The van der Waals surface area contributed by atoms with Crippen LogP contribution in [0.4, 0.5) is 0 Å². The number of halogens is 1. The molecule has 5 nitrogen and oxygen atoms in total. The van der Waals surface area contributed by atoms with Crippen LogP contribution in [0.1, 0.15) is 40.5 Å². The van der Waals surface area contributed by atoms with E-state index in [0.29, 0.717) is 6.10 Å². The van der Waals surface area contributed by atoms with Gasteiger partial charge in [-0.2, -0.15) is 0 Å². The summed E-state index contributed by atoms with van der Waals surface area (Å²) in [7, 11) is 4.21. The van der Waals surface area contributed by atoms with E-state index in [1.54, 1.807) is 0 Å². The second-order valence-corrected chi connectivity index (χ2v) is 6.52.